The zero-order valence-electron chi connectivity index (χ0n) is 14.0. The molecule has 1 aromatic heterocycles. The summed E-state index contributed by atoms with van der Waals surface area (Å²) in [6.45, 7) is 0. The molecule has 1 N–H and O–H groups in total. The number of carbonyl (C=O) groups excluding carboxylic acids is 1. The first-order chi connectivity index (χ1) is 11.9. The summed E-state index contributed by atoms with van der Waals surface area (Å²) in [6, 6.07) is 13.5. The van der Waals surface area contributed by atoms with Gasteiger partial charge in [0.15, 0.2) is 0 Å². The van der Waals surface area contributed by atoms with Crippen molar-refractivity contribution in [2.75, 3.05) is 5.32 Å². The number of imidazole rings is 1. The normalized spacial score (nSPS) is 15.3. The summed E-state index contributed by atoms with van der Waals surface area (Å²) >= 11 is 3.48. The first-order valence-electron chi connectivity index (χ1n) is 8.15. The minimum Gasteiger partial charge on any atom is -0.325 e. The van der Waals surface area contributed by atoms with Crippen molar-refractivity contribution >= 4 is 38.6 Å². The third-order valence-corrected chi connectivity index (χ3v) is 5.58. The number of aryl methyl sites for hydroxylation is 2. The molecule has 0 atom stereocenters. The Morgan fingerprint density at radius 2 is 1.80 bits per heavy atom. The van der Waals surface area contributed by atoms with E-state index in [1.165, 1.54) is 0 Å². The maximum atomic E-state index is 12.9. The van der Waals surface area contributed by atoms with Crippen molar-refractivity contribution in [2.45, 2.75) is 18.3 Å². The summed E-state index contributed by atoms with van der Waals surface area (Å²) in [6.07, 6.45) is 1.70. The fourth-order valence-corrected chi connectivity index (χ4v) is 3.79. The van der Waals surface area contributed by atoms with Crippen LogP contribution in [0.1, 0.15) is 18.4 Å². The van der Waals surface area contributed by atoms with Crippen molar-refractivity contribution in [2.24, 2.45) is 14.1 Å². The van der Waals surface area contributed by atoms with Gasteiger partial charge in [0, 0.05) is 24.3 Å². The molecule has 5 nitrogen and oxygen atoms in total. The number of hydrogen-bond acceptors (Lipinski definition) is 2. The zero-order chi connectivity index (χ0) is 17.8. The Labute approximate surface area is 153 Å². The van der Waals surface area contributed by atoms with Crippen molar-refractivity contribution in [1.82, 2.24) is 9.13 Å². The second-order valence-corrected chi connectivity index (χ2v) is 7.57. The topological polar surface area (TPSA) is 56.0 Å². The molecule has 1 aliphatic rings. The van der Waals surface area contributed by atoms with Gasteiger partial charge in [0.1, 0.15) is 0 Å². The Kier molecular flexibility index (Phi) is 3.61. The van der Waals surface area contributed by atoms with Gasteiger partial charge in [-0.15, -0.1) is 0 Å². The largest absolute Gasteiger partial charge is 0.328 e. The predicted octanol–water partition coefficient (Wildman–Crippen LogP) is 3.31. The summed E-state index contributed by atoms with van der Waals surface area (Å²) < 4.78 is 4.17. The quantitative estimate of drug-likeness (QED) is 0.734. The second-order valence-electron chi connectivity index (χ2n) is 6.65. The average molecular weight is 400 g/mol. The molecule has 1 saturated carbocycles. The highest BCUT2D eigenvalue weighted by atomic mass is 79.9. The first kappa shape index (κ1) is 16.1. The van der Waals surface area contributed by atoms with E-state index in [0.717, 1.165) is 33.9 Å². The van der Waals surface area contributed by atoms with Gasteiger partial charge in [0.05, 0.1) is 16.4 Å². The number of fused-ring (bicyclic) bond motifs is 1. The molecule has 6 heteroatoms. The van der Waals surface area contributed by atoms with Crippen LogP contribution in [0.4, 0.5) is 5.69 Å². The molecule has 1 fully saturated rings. The highest BCUT2D eigenvalue weighted by Gasteiger charge is 2.51. The van der Waals surface area contributed by atoms with Crippen LogP contribution in [0.3, 0.4) is 0 Å². The molecule has 1 amide bonds. The molecular weight excluding hydrogens is 382 g/mol. The molecule has 0 spiro atoms. The molecule has 128 valence electrons. The Bertz CT molecular complexity index is 1060. The van der Waals surface area contributed by atoms with Crippen molar-refractivity contribution in [3.05, 3.63) is 63.0 Å². The van der Waals surface area contributed by atoms with E-state index in [0.29, 0.717) is 5.69 Å². The predicted molar refractivity (Wildman–Crippen MR) is 102 cm³/mol. The van der Waals surface area contributed by atoms with E-state index in [9.17, 15) is 9.59 Å². The number of carbonyl (C=O) groups is 1. The van der Waals surface area contributed by atoms with Gasteiger partial charge in [-0.25, -0.2) is 4.79 Å². The Morgan fingerprint density at radius 1 is 1.08 bits per heavy atom. The summed E-state index contributed by atoms with van der Waals surface area (Å²) in [5.41, 5.74) is 2.87. The summed E-state index contributed by atoms with van der Waals surface area (Å²) in [5.74, 6) is 0.00545. The average Bonchev–Trinajstić information content (AvgIpc) is 3.38. The third-order valence-electron chi connectivity index (χ3n) is 5.09. The SMILES string of the molecule is Cn1c(=O)n(C)c2cc(NC(=O)C3(c4cccc(Br)c4)CC3)ccc21. The zero-order valence-corrected chi connectivity index (χ0v) is 15.6. The molecule has 0 bridgehead atoms. The number of aromatic nitrogens is 2. The van der Waals surface area contributed by atoms with E-state index in [4.69, 9.17) is 0 Å². The fourth-order valence-electron chi connectivity index (χ4n) is 3.39. The molecular formula is C19H18BrN3O2. The lowest BCUT2D eigenvalue weighted by atomic mass is 9.95. The van der Waals surface area contributed by atoms with Crippen LogP contribution in [0.5, 0.6) is 0 Å². The molecule has 3 aromatic rings. The highest BCUT2D eigenvalue weighted by Crippen LogP contribution is 2.49. The van der Waals surface area contributed by atoms with Gasteiger partial charge in [0.25, 0.3) is 0 Å². The Morgan fingerprint density at radius 3 is 2.48 bits per heavy atom. The fraction of sp³-hybridized carbons (Fsp3) is 0.263. The lowest BCUT2D eigenvalue weighted by Gasteiger charge is -2.16. The third kappa shape index (κ3) is 2.52. The van der Waals surface area contributed by atoms with Crippen molar-refractivity contribution < 1.29 is 4.79 Å². The van der Waals surface area contributed by atoms with Crippen LogP contribution in [0.15, 0.2) is 51.7 Å². The van der Waals surface area contributed by atoms with Gasteiger partial charge in [-0.3, -0.25) is 13.9 Å². The van der Waals surface area contributed by atoms with E-state index in [1.807, 2.05) is 42.5 Å². The van der Waals surface area contributed by atoms with Gasteiger partial charge in [-0.2, -0.15) is 0 Å². The van der Waals surface area contributed by atoms with Gasteiger partial charge < -0.3 is 5.32 Å². The smallest absolute Gasteiger partial charge is 0.325 e. The summed E-state index contributed by atoms with van der Waals surface area (Å²) in [5, 5.41) is 3.03. The van der Waals surface area contributed by atoms with Crippen molar-refractivity contribution in [1.29, 1.82) is 0 Å². The number of amides is 1. The van der Waals surface area contributed by atoms with Gasteiger partial charge in [-0.1, -0.05) is 28.1 Å². The Balaban J connectivity index is 1.66. The van der Waals surface area contributed by atoms with Crippen LogP contribution < -0.4 is 11.0 Å². The van der Waals surface area contributed by atoms with E-state index < -0.39 is 5.41 Å². The maximum Gasteiger partial charge on any atom is 0.328 e. The molecule has 0 aliphatic heterocycles. The summed E-state index contributed by atoms with van der Waals surface area (Å²) in [4.78, 5) is 24.9. The number of rotatable bonds is 3. The maximum absolute atomic E-state index is 12.9. The molecule has 1 aliphatic carbocycles. The lowest BCUT2D eigenvalue weighted by molar-refractivity contribution is -0.118. The number of nitrogens with zero attached hydrogens (tertiary/aromatic N) is 2. The summed E-state index contributed by atoms with van der Waals surface area (Å²) in [7, 11) is 3.48. The number of hydrogen-bond donors (Lipinski definition) is 1. The first-order valence-corrected chi connectivity index (χ1v) is 8.95. The Hall–Kier alpha value is -2.34. The minimum atomic E-state index is -0.443. The number of benzene rings is 2. The monoisotopic (exact) mass is 399 g/mol. The molecule has 0 unspecified atom stereocenters. The van der Waals surface area contributed by atoms with Gasteiger partial charge in [0.2, 0.25) is 5.91 Å². The van der Waals surface area contributed by atoms with Crippen LogP contribution in [0.25, 0.3) is 11.0 Å². The second kappa shape index (κ2) is 5.59. The van der Waals surface area contributed by atoms with E-state index in [2.05, 4.69) is 21.2 Å². The van der Waals surface area contributed by atoms with Crippen LogP contribution in [0, 0.1) is 0 Å². The molecule has 0 radical (unpaired) electrons. The van der Waals surface area contributed by atoms with E-state index in [-0.39, 0.29) is 11.6 Å². The van der Waals surface area contributed by atoms with Crippen LogP contribution in [-0.2, 0) is 24.3 Å². The number of nitrogens with one attached hydrogen (secondary N) is 1. The molecule has 1 heterocycles. The van der Waals surface area contributed by atoms with Crippen LogP contribution in [-0.4, -0.2) is 15.0 Å². The van der Waals surface area contributed by atoms with Crippen LogP contribution >= 0.6 is 15.9 Å². The van der Waals surface area contributed by atoms with Gasteiger partial charge in [-0.05, 0) is 48.7 Å². The van der Waals surface area contributed by atoms with E-state index in [1.54, 1.807) is 23.2 Å². The molecule has 25 heavy (non-hydrogen) atoms. The highest BCUT2D eigenvalue weighted by molar-refractivity contribution is 9.10. The number of anilines is 1. The van der Waals surface area contributed by atoms with Crippen molar-refractivity contribution in [3.8, 4) is 0 Å². The lowest BCUT2D eigenvalue weighted by Crippen LogP contribution is -2.27. The standard InChI is InChI=1S/C19H18BrN3O2/c1-22-15-7-6-14(11-16(15)23(2)18(22)25)21-17(24)19(8-9-19)12-4-3-5-13(20)10-12/h3-7,10-11H,8-9H2,1-2H3,(H,21,24). The van der Waals surface area contributed by atoms with Crippen molar-refractivity contribution in [3.63, 3.8) is 0 Å². The minimum absolute atomic E-state index is 0.00545. The molecule has 4 rings (SSSR count). The molecule has 0 saturated heterocycles. The van der Waals surface area contributed by atoms with Gasteiger partial charge >= 0.3 is 5.69 Å². The van der Waals surface area contributed by atoms with Crippen LogP contribution in [0.2, 0.25) is 0 Å². The molecule has 2 aromatic carbocycles. The number of halogens is 1. The van der Waals surface area contributed by atoms with E-state index >= 15 is 0 Å².